The van der Waals surface area contributed by atoms with Crippen LogP contribution >= 0.6 is 50.9 Å². The monoisotopic (exact) mass is 653 g/mol. The van der Waals surface area contributed by atoms with Gasteiger partial charge >= 0.3 is 0 Å². The van der Waals surface area contributed by atoms with Gasteiger partial charge in [0.25, 0.3) is 11.8 Å². The summed E-state index contributed by atoms with van der Waals surface area (Å²) in [6, 6.07) is 28.1. The number of thioether (sulfide) groups is 1. The number of carbonyl (C=O) groups is 3. The Morgan fingerprint density at radius 1 is 0.825 bits per heavy atom. The number of amides is 3. The number of hydrogen-bond acceptors (Lipinski definition) is 4. The van der Waals surface area contributed by atoms with E-state index in [-0.39, 0.29) is 22.4 Å². The lowest BCUT2D eigenvalue weighted by Crippen LogP contribution is -2.30. The average molecular weight is 655 g/mol. The molecule has 0 heterocycles. The number of hydrogen-bond donors (Lipinski definition) is 3. The molecule has 0 saturated carbocycles. The van der Waals surface area contributed by atoms with Gasteiger partial charge in [-0.2, -0.15) is 0 Å². The molecule has 0 aliphatic rings. The highest BCUT2D eigenvalue weighted by Crippen LogP contribution is 2.30. The summed E-state index contributed by atoms with van der Waals surface area (Å²) in [7, 11) is 0. The Bertz CT molecular complexity index is 1560. The minimum Gasteiger partial charge on any atom is -0.324 e. The molecule has 0 radical (unpaired) electrons. The zero-order valence-corrected chi connectivity index (χ0v) is 24.7. The molecule has 6 nitrogen and oxygen atoms in total. The lowest BCUT2D eigenvalue weighted by Gasteiger charge is -2.12. The molecule has 4 aromatic rings. The van der Waals surface area contributed by atoms with Crippen molar-refractivity contribution in [1.29, 1.82) is 0 Å². The minimum absolute atomic E-state index is 0.0850. The van der Waals surface area contributed by atoms with Crippen molar-refractivity contribution in [2.45, 2.75) is 4.90 Å². The van der Waals surface area contributed by atoms with Gasteiger partial charge in [0.2, 0.25) is 5.91 Å². The van der Waals surface area contributed by atoms with Gasteiger partial charge in [0.05, 0.1) is 21.5 Å². The number of rotatable bonds is 9. The van der Waals surface area contributed by atoms with Crippen molar-refractivity contribution in [3.63, 3.8) is 0 Å². The summed E-state index contributed by atoms with van der Waals surface area (Å²) in [6.07, 6.45) is 1.61. The van der Waals surface area contributed by atoms with E-state index in [1.165, 1.54) is 11.8 Å². The lowest BCUT2D eigenvalue weighted by molar-refractivity contribution is -0.114. The summed E-state index contributed by atoms with van der Waals surface area (Å²) in [5.41, 5.74) is 2.22. The van der Waals surface area contributed by atoms with Gasteiger partial charge < -0.3 is 16.0 Å². The van der Waals surface area contributed by atoms with Crippen LogP contribution in [0, 0.1) is 0 Å². The minimum atomic E-state index is -0.484. The number of nitrogens with one attached hydrogen (secondary N) is 3. The molecule has 0 aromatic heterocycles. The molecular weight excluding hydrogens is 633 g/mol. The predicted molar refractivity (Wildman–Crippen MR) is 167 cm³/mol. The summed E-state index contributed by atoms with van der Waals surface area (Å²) in [4.78, 5) is 39.2. The van der Waals surface area contributed by atoms with E-state index in [1.54, 1.807) is 72.8 Å². The molecule has 40 heavy (non-hydrogen) atoms. The number of benzene rings is 4. The first-order valence-electron chi connectivity index (χ1n) is 11.9. The van der Waals surface area contributed by atoms with E-state index in [0.717, 1.165) is 14.9 Å². The average Bonchev–Trinajstić information content (AvgIpc) is 2.95. The molecule has 0 aliphatic carbocycles. The smallest absolute Gasteiger partial charge is 0.272 e. The zero-order chi connectivity index (χ0) is 28.5. The first kappa shape index (κ1) is 29.4. The highest BCUT2D eigenvalue weighted by molar-refractivity contribution is 9.10. The van der Waals surface area contributed by atoms with Crippen LogP contribution in [0.4, 0.5) is 11.4 Å². The maximum absolute atomic E-state index is 13.2. The van der Waals surface area contributed by atoms with E-state index in [2.05, 4.69) is 31.9 Å². The molecule has 0 spiro atoms. The van der Waals surface area contributed by atoms with Gasteiger partial charge in [-0.1, -0.05) is 75.5 Å². The molecule has 3 N–H and O–H groups in total. The Kier molecular flexibility index (Phi) is 10.4. The Morgan fingerprint density at radius 3 is 2.27 bits per heavy atom. The standard InChI is InChI=1S/C30H22BrCl2N3O3S/c31-21-9-4-6-19(16-21)17-26(36-29(38)20-7-2-1-3-8-20)30(39)34-22-12-14-23(15-13-22)40-18-27(37)35-25-11-5-10-24(32)28(25)33/h1-17H,18H2,(H,34,39)(H,35,37)(H,36,38)/b26-17-. The Balaban J connectivity index is 1.41. The number of halogens is 3. The topological polar surface area (TPSA) is 87.3 Å². The fourth-order valence-electron chi connectivity index (χ4n) is 3.47. The third-order valence-electron chi connectivity index (χ3n) is 5.40. The Labute approximate surface area is 254 Å². The molecular formula is C30H22BrCl2N3O3S. The molecule has 0 aliphatic heterocycles. The van der Waals surface area contributed by atoms with Gasteiger partial charge in [0.1, 0.15) is 5.70 Å². The van der Waals surface area contributed by atoms with Crippen LogP contribution in [0.15, 0.2) is 112 Å². The molecule has 4 rings (SSSR count). The third-order valence-corrected chi connectivity index (χ3v) is 7.72. The van der Waals surface area contributed by atoms with Gasteiger partial charge in [0, 0.05) is 20.6 Å². The summed E-state index contributed by atoms with van der Waals surface area (Å²) >= 11 is 16.9. The van der Waals surface area contributed by atoms with Crippen molar-refractivity contribution in [2.75, 3.05) is 16.4 Å². The van der Waals surface area contributed by atoms with Crippen LogP contribution in [0.25, 0.3) is 6.08 Å². The van der Waals surface area contributed by atoms with Crippen molar-refractivity contribution >= 4 is 86.1 Å². The Morgan fingerprint density at radius 2 is 1.55 bits per heavy atom. The highest BCUT2D eigenvalue weighted by atomic mass is 79.9. The first-order chi connectivity index (χ1) is 19.3. The van der Waals surface area contributed by atoms with Crippen LogP contribution in [-0.4, -0.2) is 23.5 Å². The van der Waals surface area contributed by atoms with Gasteiger partial charge in [-0.05, 0) is 72.3 Å². The quantitative estimate of drug-likeness (QED) is 0.127. The predicted octanol–water partition coefficient (Wildman–Crippen LogP) is 7.90. The number of anilines is 2. The fourth-order valence-corrected chi connectivity index (χ4v) is 4.94. The van der Waals surface area contributed by atoms with E-state index < -0.39 is 11.8 Å². The molecule has 202 valence electrons. The summed E-state index contributed by atoms with van der Waals surface area (Å²) < 4.78 is 0.841. The second-order valence-electron chi connectivity index (χ2n) is 8.35. The fraction of sp³-hybridized carbons (Fsp3) is 0.0333. The summed E-state index contributed by atoms with van der Waals surface area (Å²) in [5, 5.41) is 8.94. The van der Waals surface area contributed by atoms with Gasteiger partial charge in [-0.3, -0.25) is 14.4 Å². The van der Waals surface area contributed by atoms with Crippen molar-refractivity contribution < 1.29 is 14.4 Å². The molecule has 3 amide bonds. The molecule has 0 unspecified atom stereocenters. The Hall–Kier alpha value is -3.56. The van der Waals surface area contributed by atoms with Crippen LogP contribution < -0.4 is 16.0 Å². The highest BCUT2D eigenvalue weighted by Gasteiger charge is 2.15. The van der Waals surface area contributed by atoms with Crippen LogP contribution in [-0.2, 0) is 9.59 Å². The van der Waals surface area contributed by atoms with Gasteiger partial charge in [0.15, 0.2) is 0 Å². The lowest BCUT2D eigenvalue weighted by atomic mass is 10.1. The summed E-state index contributed by atoms with van der Waals surface area (Å²) in [6.45, 7) is 0. The molecule has 4 aromatic carbocycles. The molecule has 10 heteroatoms. The van der Waals surface area contributed by atoms with Crippen LogP contribution in [0.3, 0.4) is 0 Å². The summed E-state index contributed by atoms with van der Waals surface area (Å²) in [5.74, 6) is -0.967. The number of carbonyl (C=O) groups excluding carboxylic acids is 3. The van der Waals surface area contributed by atoms with Crippen molar-refractivity contribution in [2.24, 2.45) is 0 Å². The van der Waals surface area contributed by atoms with Crippen LogP contribution in [0.1, 0.15) is 15.9 Å². The largest absolute Gasteiger partial charge is 0.324 e. The van der Waals surface area contributed by atoms with E-state index in [4.69, 9.17) is 23.2 Å². The van der Waals surface area contributed by atoms with Crippen molar-refractivity contribution in [3.05, 3.63) is 128 Å². The second kappa shape index (κ2) is 14.2. The van der Waals surface area contributed by atoms with Gasteiger partial charge in [-0.15, -0.1) is 11.8 Å². The van der Waals surface area contributed by atoms with E-state index >= 15 is 0 Å². The van der Waals surface area contributed by atoms with E-state index in [9.17, 15) is 14.4 Å². The molecule has 0 bridgehead atoms. The van der Waals surface area contributed by atoms with Crippen molar-refractivity contribution in [3.8, 4) is 0 Å². The van der Waals surface area contributed by atoms with Crippen molar-refractivity contribution in [1.82, 2.24) is 5.32 Å². The van der Waals surface area contributed by atoms with Gasteiger partial charge in [-0.25, -0.2) is 0 Å². The van der Waals surface area contributed by atoms with E-state index in [0.29, 0.717) is 22.0 Å². The van der Waals surface area contributed by atoms with Crippen LogP contribution in [0.5, 0.6) is 0 Å². The SMILES string of the molecule is O=C(CSc1ccc(NC(=O)/C(=C/c2cccc(Br)c2)NC(=O)c2ccccc2)cc1)Nc1cccc(Cl)c1Cl. The van der Waals surface area contributed by atoms with Crippen LogP contribution in [0.2, 0.25) is 10.0 Å². The normalized spacial score (nSPS) is 11.0. The molecule has 0 atom stereocenters. The maximum atomic E-state index is 13.2. The zero-order valence-electron chi connectivity index (χ0n) is 20.8. The maximum Gasteiger partial charge on any atom is 0.272 e. The molecule has 0 fully saturated rings. The van der Waals surface area contributed by atoms with E-state index in [1.807, 2.05) is 30.3 Å². The molecule has 0 saturated heterocycles. The first-order valence-corrected chi connectivity index (χ1v) is 14.4. The third kappa shape index (κ3) is 8.47. The second-order valence-corrected chi connectivity index (χ2v) is 11.1.